The highest BCUT2D eigenvalue weighted by atomic mass is 35.5. The summed E-state index contributed by atoms with van der Waals surface area (Å²) in [5.41, 5.74) is 3.03. The fourth-order valence-electron chi connectivity index (χ4n) is 4.73. The van der Waals surface area contributed by atoms with Crippen LogP contribution in [0.3, 0.4) is 0 Å². The van der Waals surface area contributed by atoms with Gasteiger partial charge in [0.1, 0.15) is 21.5 Å². The first-order valence-electron chi connectivity index (χ1n) is 16.3. The average Bonchev–Trinajstić information content (AvgIpc) is 3.89. The number of aromatic nitrogens is 6. The van der Waals surface area contributed by atoms with E-state index in [4.69, 9.17) is 9.47 Å². The second-order valence-corrected chi connectivity index (χ2v) is 15.2. The Morgan fingerprint density at radius 2 is 1.13 bits per heavy atom. The smallest absolute Gasteiger partial charge is 0.255 e. The summed E-state index contributed by atoms with van der Waals surface area (Å²) in [5, 5.41) is 12.5. The quantitative estimate of drug-likeness (QED) is 0.0677. The molecule has 0 saturated carbocycles. The Morgan fingerprint density at radius 1 is 0.679 bits per heavy atom. The van der Waals surface area contributed by atoms with E-state index < -0.39 is 0 Å². The van der Waals surface area contributed by atoms with Crippen molar-refractivity contribution < 1.29 is 9.47 Å². The van der Waals surface area contributed by atoms with Gasteiger partial charge in [-0.25, -0.2) is 19.9 Å². The molecule has 4 heterocycles. The Balaban J connectivity index is 0.000000232. The predicted molar refractivity (Wildman–Crippen MR) is 222 cm³/mol. The van der Waals surface area contributed by atoms with E-state index in [1.165, 1.54) is 0 Å². The molecular weight excluding hydrogens is 772 g/mol. The summed E-state index contributed by atoms with van der Waals surface area (Å²) in [4.78, 5) is 47.2. The number of aromatic amines is 2. The molecule has 0 fully saturated rings. The number of thioether (sulfide) groups is 2. The minimum absolute atomic E-state index is 0. The fourth-order valence-corrected chi connectivity index (χ4v) is 7.85. The molecule has 53 heavy (non-hydrogen) atoms. The first kappa shape index (κ1) is 41.4. The molecule has 12 nitrogen and oxygen atoms in total. The molecule has 0 aliphatic heterocycles. The van der Waals surface area contributed by atoms with E-state index in [-0.39, 0.29) is 23.5 Å². The lowest BCUT2D eigenvalue weighted by Gasteiger charge is -2.07. The van der Waals surface area contributed by atoms with Crippen molar-refractivity contribution in [3.8, 4) is 11.5 Å². The topological polar surface area (TPSA) is 160 Å². The molecule has 0 radical (unpaired) electrons. The number of halogens is 1. The fraction of sp³-hybridized carbons (Fsp3) is 0.278. The number of methoxy groups -OCH3 is 2. The number of ether oxygens (including phenoxy) is 2. The molecule has 0 amide bonds. The van der Waals surface area contributed by atoms with E-state index in [2.05, 4.69) is 40.5 Å². The number of anilines is 2. The molecule has 0 atom stereocenters. The number of nitrogens with one attached hydrogen (secondary N) is 4. The molecule has 2 aromatic carbocycles. The van der Waals surface area contributed by atoms with Crippen LogP contribution in [0.25, 0.3) is 0 Å². The second-order valence-electron chi connectivity index (χ2n) is 11.0. The van der Waals surface area contributed by atoms with E-state index >= 15 is 0 Å². The van der Waals surface area contributed by atoms with Crippen molar-refractivity contribution in [1.82, 2.24) is 29.9 Å². The van der Waals surface area contributed by atoms with Gasteiger partial charge < -0.3 is 20.1 Å². The SMILES string of the molecule is COc1cccc(Cc2cnc(NCCSCc3nccs3)[nH]c2=O)c1.COc1cccc(Cc2cnc(NCCSCc3nccs3)[nH]c2=O)c1.Cl. The predicted octanol–water partition coefficient (Wildman–Crippen LogP) is 6.76. The van der Waals surface area contributed by atoms with Crippen molar-refractivity contribution in [3.05, 3.63) is 137 Å². The molecule has 4 aromatic heterocycles. The lowest BCUT2D eigenvalue weighted by atomic mass is 10.1. The minimum Gasteiger partial charge on any atom is -0.497 e. The highest BCUT2D eigenvalue weighted by Crippen LogP contribution is 2.17. The molecule has 6 rings (SSSR count). The summed E-state index contributed by atoms with van der Waals surface area (Å²) >= 11 is 6.92. The van der Waals surface area contributed by atoms with E-state index in [9.17, 15) is 9.59 Å². The number of H-pyrrole nitrogens is 2. The average molecular weight is 813 g/mol. The second kappa shape index (κ2) is 22.7. The van der Waals surface area contributed by atoms with Gasteiger partial charge in [0.25, 0.3) is 11.1 Å². The Hall–Kier alpha value is -4.35. The van der Waals surface area contributed by atoms with Crippen LogP contribution >= 0.6 is 58.6 Å². The van der Waals surface area contributed by atoms with Crippen LogP contribution in [-0.2, 0) is 24.3 Å². The lowest BCUT2D eigenvalue weighted by molar-refractivity contribution is 0.414. The van der Waals surface area contributed by atoms with Crippen LogP contribution in [0.15, 0.2) is 93.7 Å². The van der Waals surface area contributed by atoms with Crippen LogP contribution in [0.1, 0.15) is 32.3 Å². The minimum atomic E-state index is -0.124. The van der Waals surface area contributed by atoms with E-state index in [1.54, 1.807) is 72.8 Å². The van der Waals surface area contributed by atoms with Gasteiger partial charge >= 0.3 is 0 Å². The number of benzene rings is 2. The Labute approximate surface area is 330 Å². The van der Waals surface area contributed by atoms with Gasteiger partial charge in [-0.2, -0.15) is 23.5 Å². The van der Waals surface area contributed by atoms with Crippen LogP contribution in [0, 0.1) is 0 Å². The number of rotatable bonds is 18. The molecule has 0 spiro atoms. The Kier molecular flexibility index (Phi) is 17.7. The van der Waals surface area contributed by atoms with Crippen LogP contribution in [0.5, 0.6) is 11.5 Å². The molecule has 280 valence electrons. The molecular formula is C36H41ClN8O4S4. The van der Waals surface area contributed by atoms with Crippen molar-refractivity contribution in [3.63, 3.8) is 0 Å². The summed E-state index contributed by atoms with van der Waals surface area (Å²) in [6, 6.07) is 15.4. The van der Waals surface area contributed by atoms with Gasteiger partial charge in [0.15, 0.2) is 0 Å². The standard InChI is InChI=1S/2C18H20N4O2S2.ClH/c2*1-24-15-4-2-3-13(10-15)9-14-11-21-18(22-17(14)23)20-5-7-25-12-16-19-6-8-26-16;/h2*2-4,6,8,10-11H,5,7,9,12H2,1H3,(H2,20,21,22,23);1H. The van der Waals surface area contributed by atoms with Crippen LogP contribution in [-0.4, -0.2) is 68.7 Å². The maximum absolute atomic E-state index is 12.3. The van der Waals surface area contributed by atoms with Gasteiger partial charge in [0.05, 0.1) is 14.2 Å². The number of hydrogen-bond acceptors (Lipinski definition) is 14. The number of thiazole rings is 2. The molecule has 4 N–H and O–H groups in total. The van der Waals surface area contributed by atoms with Gasteiger partial charge in [0, 0.05) is 95.6 Å². The van der Waals surface area contributed by atoms with E-state index in [0.717, 1.165) is 68.7 Å². The largest absolute Gasteiger partial charge is 0.497 e. The Morgan fingerprint density at radius 3 is 1.51 bits per heavy atom. The van der Waals surface area contributed by atoms with Crippen molar-refractivity contribution in [1.29, 1.82) is 0 Å². The van der Waals surface area contributed by atoms with Crippen LogP contribution in [0.2, 0.25) is 0 Å². The molecule has 17 heteroatoms. The highest BCUT2D eigenvalue weighted by molar-refractivity contribution is 7.98. The zero-order valence-corrected chi connectivity index (χ0v) is 33.3. The monoisotopic (exact) mass is 812 g/mol. The molecule has 0 bridgehead atoms. The third-order valence-corrected chi connectivity index (χ3v) is 11.2. The van der Waals surface area contributed by atoms with Gasteiger partial charge in [-0.05, 0) is 35.4 Å². The molecule has 0 unspecified atom stereocenters. The van der Waals surface area contributed by atoms with Gasteiger partial charge in [-0.15, -0.1) is 35.1 Å². The summed E-state index contributed by atoms with van der Waals surface area (Å²) in [6.45, 7) is 1.46. The summed E-state index contributed by atoms with van der Waals surface area (Å²) < 4.78 is 10.4. The first-order valence-corrected chi connectivity index (χ1v) is 20.4. The van der Waals surface area contributed by atoms with E-state index in [1.807, 2.05) is 71.7 Å². The zero-order chi connectivity index (χ0) is 36.4. The third-order valence-electron chi connectivity index (χ3n) is 7.30. The van der Waals surface area contributed by atoms with Crippen molar-refractivity contribution >= 4 is 70.5 Å². The van der Waals surface area contributed by atoms with Gasteiger partial charge in [-0.1, -0.05) is 24.3 Å². The maximum atomic E-state index is 12.3. The van der Waals surface area contributed by atoms with Crippen LogP contribution in [0.4, 0.5) is 11.9 Å². The van der Waals surface area contributed by atoms with Crippen molar-refractivity contribution in [2.24, 2.45) is 0 Å². The molecule has 6 aromatic rings. The van der Waals surface area contributed by atoms with E-state index in [0.29, 0.717) is 35.9 Å². The van der Waals surface area contributed by atoms with Crippen molar-refractivity contribution in [2.45, 2.75) is 24.3 Å². The van der Waals surface area contributed by atoms with Gasteiger partial charge in [-0.3, -0.25) is 19.6 Å². The lowest BCUT2D eigenvalue weighted by Crippen LogP contribution is -2.18. The van der Waals surface area contributed by atoms with Crippen LogP contribution < -0.4 is 31.2 Å². The summed E-state index contributed by atoms with van der Waals surface area (Å²) in [5.74, 6) is 6.19. The number of hydrogen-bond donors (Lipinski definition) is 4. The Bertz CT molecular complexity index is 1920. The third kappa shape index (κ3) is 14.2. The zero-order valence-electron chi connectivity index (χ0n) is 29.2. The summed E-state index contributed by atoms with van der Waals surface area (Å²) in [6.07, 6.45) is 7.93. The maximum Gasteiger partial charge on any atom is 0.255 e. The normalized spacial score (nSPS) is 10.5. The van der Waals surface area contributed by atoms with Crippen molar-refractivity contribution in [2.75, 3.05) is 49.4 Å². The molecule has 0 aliphatic rings. The molecule has 0 aliphatic carbocycles. The highest BCUT2D eigenvalue weighted by Gasteiger charge is 2.07. The molecule has 0 saturated heterocycles. The van der Waals surface area contributed by atoms with Gasteiger partial charge in [0.2, 0.25) is 11.9 Å². The summed E-state index contributed by atoms with van der Waals surface area (Å²) in [7, 11) is 3.26. The number of nitrogens with zero attached hydrogens (tertiary/aromatic N) is 4. The first-order chi connectivity index (χ1) is 25.5.